The molecule has 0 bridgehead atoms. The smallest absolute Gasteiger partial charge is 0.404 e. The van der Waals surface area contributed by atoms with Crippen molar-refractivity contribution in [2.24, 2.45) is 5.73 Å². The molecule has 2 fully saturated rings. The summed E-state index contributed by atoms with van der Waals surface area (Å²) in [4.78, 5) is 40.2. The number of allylic oxidation sites excluding steroid dienone is 2. The summed E-state index contributed by atoms with van der Waals surface area (Å²) >= 11 is 0. The van der Waals surface area contributed by atoms with Gasteiger partial charge in [-0.3, -0.25) is 9.59 Å². The van der Waals surface area contributed by atoms with Gasteiger partial charge in [0.15, 0.2) is 0 Å². The Kier molecular flexibility index (Phi) is 3.85. The van der Waals surface area contributed by atoms with Crippen LogP contribution in [-0.4, -0.2) is 73.5 Å². The molecule has 23 heavy (non-hydrogen) atoms. The Labute approximate surface area is 133 Å². The average Bonchev–Trinajstić information content (AvgIpc) is 3.36. The molecule has 2 saturated heterocycles. The Hall–Kier alpha value is -2.35. The zero-order chi connectivity index (χ0) is 16.7. The highest BCUT2D eigenvalue weighted by Crippen LogP contribution is 2.35. The van der Waals surface area contributed by atoms with Crippen LogP contribution in [-0.2, 0) is 19.1 Å². The first-order valence-corrected chi connectivity index (χ1v) is 7.45. The summed E-state index contributed by atoms with van der Waals surface area (Å²) in [6, 6.07) is 0. The number of hydrogen-bond acceptors (Lipinski definition) is 7. The number of nitrogens with two attached hydrogens (primary N) is 1. The van der Waals surface area contributed by atoms with Gasteiger partial charge in [-0.15, -0.1) is 0 Å². The summed E-state index contributed by atoms with van der Waals surface area (Å²) in [7, 11) is 1.40. The van der Waals surface area contributed by atoms with Crippen LogP contribution in [0, 0.1) is 0 Å². The van der Waals surface area contributed by atoms with Gasteiger partial charge in [-0.05, 0) is 6.92 Å². The summed E-state index contributed by atoms with van der Waals surface area (Å²) in [5.41, 5.74) is 6.49. The van der Waals surface area contributed by atoms with E-state index in [1.165, 1.54) is 7.11 Å². The van der Waals surface area contributed by atoms with E-state index < -0.39 is 12.2 Å². The Bertz CT molecular complexity index is 643. The molecule has 0 aromatic carbocycles. The summed E-state index contributed by atoms with van der Waals surface area (Å²) < 4.78 is 10.1. The first kappa shape index (κ1) is 15.5. The van der Waals surface area contributed by atoms with Crippen molar-refractivity contribution in [1.29, 1.82) is 0 Å². The predicted molar refractivity (Wildman–Crippen MR) is 79.2 cm³/mol. The lowest BCUT2D eigenvalue weighted by Crippen LogP contribution is -2.37. The Morgan fingerprint density at radius 1 is 1.13 bits per heavy atom. The van der Waals surface area contributed by atoms with E-state index in [1.807, 2.05) is 9.80 Å². The largest absolute Gasteiger partial charge is 0.447 e. The number of carbonyl (C=O) groups is 3. The van der Waals surface area contributed by atoms with Crippen molar-refractivity contribution in [3.05, 3.63) is 22.5 Å². The fourth-order valence-corrected chi connectivity index (χ4v) is 2.78. The molecule has 1 atom stereocenters. The zero-order valence-electron chi connectivity index (χ0n) is 13.1. The van der Waals surface area contributed by atoms with Gasteiger partial charge in [0.2, 0.25) is 11.6 Å². The monoisotopic (exact) mass is 321 g/mol. The Balaban J connectivity index is 1.99. The van der Waals surface area contributed by atoms with Crippen molar-refractivity contribution in [2.45, 2.75) is 13.0 Å². The van der Waals surface area contributed by atoms with Gasteiger partial charge in [0.1, 0.15) is 12.7 Å². The van der Waals surface area contributed by atoms with Crippen LogP contribution >= 0.6 is 0 Å². The molecule has 1 aliphatic carbocycles. The standard InChI is InChI=1S/C15H19N3O5/c1-8-11(17-3-4-17)14(20)10(9(22-2)7-23-15(16)21)12(13(8)19)18-5-6-18/h9H,3-7H2,1-2H3,(H2,16,21). The molecule has 2 N–H and O–H groups in total. The SMILES string of the molecule is COC(COC(N)=O)C1=C(N2CC2)C(=O)C(C)=C(N2CC2)C1=O. The molecule has 2 aliphatic heterocycles. The minimum atomic E-state index is -0.951. The summed E-state index contributed by atoms with van der Waals surface area (Å²) in [6.07, 6.45) is -1.77. The number of amides is 1. The number of rotatable bonds is 6. The maximum Gasteiger partial charge on any atom is 0.404 e. The molecular weight excluding hydrogens is 302 g/mol. The van der Waals surface area contributed by atoms with E-state index in [1.54, 1.807) is 6.92 Å². The molecule has 1 amide bonds. The van der Waals surface area contributed by atoms with Crippen LogP contribution in [0.15, 0.2) is 22.5 Å². The van der Waals surface area contributed by atoms with Gasteiger partial charge >= 0.3 is 6.09 Å². The predicted octanol–water partition coefficient (Wildman–Crippen LogP) is -0.592. The van der Waals surface area contributed by atoms with Crippen molar-refractivity contribution >= 4 is 17.7 Å². The second kappa shape index (κ2) is 5.69. The third kappa shape index (κ3) is 2.81. The van der Waals surface area contributed by atoms with Crippen LogP contribution in [0.25, 0.3) is 0 Å². The second-order valence-corrected chi connectivity index (χ2v) is 5.72. The number of primary amides is 1. The molecule has 0 spiro atoms. The average molecular weight is 321 g/mol. The topological polar surface area (TPSA) is 102 Å². The minimum Gasteiger partial charge on any atom is -0.447 e. The third-order valence-electron chi connectivity index (χ3n) is 4.14. The van der Waals surface area contributed by atoms with Gasteiger partial charge in [-0.25, -0.2) is 4.79 Å². The molecule has 2 heterocycles. The van der Waals surface area contributed by atoms with E-state index in [4.69, 9.17) is 15.2 Å². The fourth-order valence-electron chi connectivity index (χ4n) is 2.78. The number of ether oxygens (including phenoxy) is 2. The van der Waals surface area contributed by atoms with E-state index in [-0.39, 0.29) is 23.7 Å². The number of ketones is 2. The normalized spacial score (nSPS) is 21.8. The molecule has 1 unspecified atom stereocenters. The highest BCUT2D eigenvalue weighted by molar-refractivity contribution is 6.25. The lowest BCUT2D eigenvalue weighted by atomic mass is 9.88. The fraction of sp³-hybridized carbons (Fsp3) is 0.533. The van der Waals surface area contributed by atoms with E-state index >= 15 is 0 Å². The van der Waals surface area contributed by atoms with E-state index in [2.05, 4.69) is 0 Å². The highest BCUT2D eigenvalue weighted by Gasteiger charge is 2.44. The molecule has 3 aliphatic rings. The minimum absolute atomic E-state index is 0.167. The van der Waals surface area contributed by atoms with Crippen LogP contribution < -0.4 is 5.73 Å². The number of nitrogens with zero attached hydrogens (tertiary/aromatic N) is 2. The number of methoxy groups -OCH3 is 1. The molecule has 8 heteroatoms. The van der Waals surface area contributed by atoms with Crippen LogP contribution in [0.2, 0.25) is 0 Å². The number of Topliss-reactive ketones (excluding diaryl/α,β-unsaturated/α-hetero) is 2. The Morgan fingerprint density at radius 2 is 1.70 bits per heavy atom. The van der Waals surface area contributed by atoms with Crippen molar-refractivity contribution in [3.63, 3.8) is 0 Å². The summed E-state index contributed by atoms with van der Waals surface area (Å²) in [5.74, 6) is -0.401. The summed E-state index contributed by atoms with van der Waals surface area (Å²) in [6.45, 7) is 4.43. The molecule has 124 valence electrons. The number of carbonyl (C=O) groups excluding carboxylic acids is 3. The van der Waals surface area contributed by atoms with E-state index in [0.29, 0.717) is 17.0 Å². The van der Waals surface area contributed by atoms with Gasteiger partial charge in [-0.2, -0.15) is 0 Å². The molecule has 8 nitrogen and oxygen atoms in total. The molecular formula is C15H19N3O5. The van der Waals surface area contributed by atoms with E-state index in [0.717, 1.165) is 26.2 Å². The molecule has 0 saturated carbocycles. The lowest BCUT2D eigenvalue weighted by molar-refractivity contribution is -0.119. The van der Waals surface area contributed by atoms with Crippen molar-refractivity contribution in [1.82, 2.24) is 9.80 Å². The van der Waals surface area contributed by atoms with Crippen molar-refractivity contribution < 1.29 is 23.9 Å². The second-order valence-electron chi connectivity index (χ2n) is 5.72. The van der Waals surface area contributed by atoms with Crippen LogP contribution in [0.5, 0.6) is 0 Å². The van der Waals surface area contributed by atoms with Crippen LogP contribution in [0.3, 0.4) is 0 Å². The lowest BCUT2D eigenvalue weighted by Gasteiger charge is -2.27. The van der Waals surface area contributed by atoms with Crippen LogP contribution in [0.4, 0.5) is 4.79 Å². The Morgan fingerprint density at radius 3 is 2.17 bits per heavy atom. The highest BCUT2D eigenvalue weighted by atomic mass is 16.6. The van der Waals surface area contributed by atoms with Gasteiger partial charge < -0.3 is 25.0 Å². The molecule has 0 aromatic heterocycles. The quantitative estimate of drug-likeness (QED) is 0.515. The van der Waals surface area contributed by atoms with Gasteiger partial charge in [0.05, 0.1) is 17.0 Å². The maximum absolute atomic E-state index is 13.0. The molecule has 0 radical (unpaired) electrons. The van der Waals surface area contributed by atoms with Crippen molar-refractivity contribution in [3.8, 4) is 0 Å². The van der Waals surface area contributed by atoms with Gasteiger partial charge in [0, 0.05) is 38.9 Å². The van der Waals surface area contributed by atoms with Crippen molar-refractivity contribution in [2.75, 3.05) is 39.9 Å². The first-order chi connectivity index (χ1) is 11.0. The number of hydrogen-bond donors (Lipinski definition) is 1. The maximum atomic E-state index is 13.0. The van der Waals surface area contributed by atoms with Gasteiger partial charge in [0.25, 0.3) is 0 Å². The zero-order valence-corrected chi connectivity index (χ0v) is 13.1. The molecule has 0 aromatic rings. The summed E-state index contributed by atoms with van der Waals surface area (Å²) in [5, 5.41) is 0. The first-order valence-electron chi connectivity index (χ1n) is 7.45. The molecule has 3 rings (SSSR count). The third-order valence-corrected chi connectivity index (χ3v) is 4.14. The van der Waals surface area contributed by atoms with Crippen LogP contribution in [0.1, 0.15) is 6.92 Å². The van der Waals surface area contributed by atoms with E-state index in [9.17, 15) is 14.4 Å². The van der Waals surface area contributed by atoms with Gasteiger partial charge in [-0.1, -0.05) is 0 Å².